The third-order valence-corrected chi connectivity index (χ3v) is 4.18. The van der Waals surface area contributed by atoms with Gasteiger partial charge in [-0.05, 0) is 42.3 Å². The number of nitrogens with one attached hydrogen (secondary N) is 1. The van der Waals surface area contributed by atoms with E-state index in [1.54, 1.807) is 29.8 Å². The molecule has 0 unspecified atom stereocenters. The molecule has 0 bridgehead atoms. The number of aromatic nitrogens is 5. The van der Waals surface area contributed by atoms with Gasteiger partial charge in [-0.15, -0.1) is 0 Å². The Hall–Kier alpha value is -3.48. The van der Waals surface area contributed by atoms with E-state index in [1.807, 2.05) is 30.5 Å². The van der Waals surface area contributed by atoms with Gasteiger partial charge in [-0.1, -0.05) is 24.3 Å². The second-order valence-electron chi connectivity index (χ2n) is 5.99. The highest BCUT2D eigenvalue weighted by Crippen LogP contribution is 2.19. The van der Waals surface area contributed by atoms with Gasteiger partial charge in [-0.25, -0.2) is 18.4 Å². The molecule has 130 valence electrons. The number of nitrogens with zero attached hydrogens (tertiary/aromatic N) is 4. The number of hydrogen-bond donors (Lipinski definition) is 1. The van der Waals surface area contributed by atoms with Crippen LogP contribution in [0.4, 0.5) is 4.39 Å². The molecule has 0 fully saturated rings. The van der Waals surface area contributed by atoms with Gasteiger partial charge in [-0.2, -0.15) is 10.2 Å². The van der Waals surface area contributed by atoms with Crippen LogP contribution in [0.15, 0.2) is 65.7 Å². The molecule has 2 aromatic carbocycles. The van der Waals surface area contributed by atoms with E-state index in [4.69, 9.17) is 0 Å². The summed E-state index contributed by atoms with van der Waals surface area (Å²) in [6, 6.07) is 13.7. The molecule has 6 nitrogen and oxygen atoms in total. The fourth-order valence-corrected chi connectivity index (χ4v) is 2.94. The van der Waals surface area contributed by atoms with Crippen molar-refractivity contribution >= 4 is 0 Å². The van der Waals surface area contributed by atoms with E-state index in [1.165, 1.54) is 16.8 Å². The van der Waals surface area contributed by atoms with Gasteiger partial charge in [0.25, 0.3) is 0 Å². The number of hydrogen-bond acceptors (Lipinski definition) is 3. The minimum Gasteiger partial charge on any atom is -0.285 e. The topological polar surface area (TPSA) is 68.5 Å². The van der Waals surface area contributed by atoms with E-state index >= 15 is 0 Å². The number of halogens is 1. The minimum absolute atomic E-state index is 0.220. The van der Waals surface area contributed by atoms with Crippen molar-refractivity contribution in [2.24, 2.45) is 0 Å². The Labute approximate surface area is 148 Å². The van der Waals surface area contributed by atoms with Crippen molar-refractivity contribution in [3.05, 3.63) is 88.6 Å². The number of benzene rings is 2. The smallest absolute Gasteiger partial charge is 0.285 e. The molecule has 0 radical (unpaired) electrons. The van der Waals surface area contributed by atoms with E-state index in [9.17, 15) is 9.18 Å². The van der Waals surface area contributed by atoms with Crippen LogP contribution in [0.25, 0.3) is 16.8 Å². The summed E-state index contributed by atoms with van der Waals surface area (Å²) in [4.78, 5) is 12.7. The van der Waals surface area contributed by atoms with Gasteiger partial charge in [0.15, 0.2) is 0 Å². The molecule has 0 aliphatic carbocycles. The zero-order chi connectivity index (χ0) is 18.1. The summed E-state index contributed by atoms with van der Waals surface area (Å²) < 4.78 is 16.2. The molecular weight excluding hydrogens is 333 g/mol. The highest BCUT2D eigenvalue weighted by molar-refractivity contribution is 5.62. The standard InChI is InChI=1S/C19H16FN5O/c1-13-23-24(12-14-3-2-4-17(20)9-14)19(26)25(13)18-7-5-15(6-8-18)16-10-21-22-11-16/h2-11H,12H2,1H3,(H,21,22). The molecule has 0 aliphatic heterocycles. The lowest BCUT2D eigenvalue weighted by Crippen LogP contribution is -2.24. The van der Waals surface area contributed by atoms with E-state index in [0.29, 0.717) is 11.4 Å². The van der Waals surface area contributed by atoms with Gasteiger partial charge in [0.05, 0.1) is 18.4 Å². The predicted octanol–water partition coefficient (Wildman–Crippen LogP) is 2.92. The highest BCUT2D eigenvalue weighted by atomic mass is 19.1. The average molecular weight is 349 g/mol. The van der Waals surface area contributed by atoms with Crippen LogP contribution < -0.4 is 5.69 Å². The van der Waals surface area contributed by atoms with Gasteiger partial charge in [0, 0.05) is 11.8 Å². The molecule has 2 heterocycles. The van der Waals surface area contributed by atoms with E-state index < -0.39 is 0 Å². The SMILES string of the molecule is Cc1nn(Cc2cccc(F)c2)c(=O)n1-c1ccc(-c2cn[nH]c2)cc1. The lowest BCUT2D eigenvalue weighted by Gasteiger charge is -2.04. The van der Waals surface area contributed by atoms with Crippen molar-refractivity contribution in [2.75, 3.05) is 0 Å². The molecule has 1 N–H and O–H groups in total. The largest absolute Gasteiger partial charge is 0.350 e. The predicted molar refractivity (Wildman–Crippen MR) is 95.6 cm³/mol. The summed E-state index contributed by atoms with van der Waals surface area (Å²) in [6.45, 7) is 1.99. The summed E-state index contributed by atoms with van der Waals surface area (Å²) >= 11 is 0. The molecule has 4 rings (SSSR count). The third kappa shape index (κ3) is 2.95. The molecule has 7 heteroatoms. The molecule has 2 aromatic heterocycles. The maximum atomic E-state index is 13.4. The number of aromatic amines is 1. The molecule has 0 spiro atoms. The highest BCUT2D eigenvalue weighted by Gasteiger charge is 2.12. The van der Waals surface area contributed by atoms with Gasteiger partial charge < -0.3 is 0 Å². The lowest BCUT2D eigenvalue weighted by molar-refractivity contribution is 0.614. The van der Waals surface area contributed by atoms with Crippen molar-refractivity contribution in [1.82, 2.24) is 24.5 Å². The van der Waals surface area contributed by atoms with Gasteiger partial charge >= 0.3 is 5.69 Å². The Morgan fingerprint density at radius 2 is 1.92 bits per heavy atom. The first-order valence-corrected chi connectivity index (χ1v) is 8.12. The number of aryl methyl sites for hydroxylation is 1. The first kappa shape index (κ1) is 16.0. The Kier molecular flexibility index (Phi) is 3.96. The van der Waals surface area contributed by atoms with Crippen molar-refractivity contribution in [3.63, 3.8) is 0 Å². The van der Waals surface area contributed by atoms with Crippen LogP contribution in [0.3, 0.4) is 0 Å². The van der Waals surface area contributed by atoms with E-state index in [-0.39, 0.29) is 18.1 Å². The average Bonchev–Trinajstić information content (AvgIpc) is 3.25. The lowest BCUT2D eigenvalue weighted by atomic mass is 10.1. The molecule has 0 saturated carbocycles. The van der Waals surface area contributed by atoms with Crippen molar-refractivity contribution in [1.29, 1.82) is 0 Å². The second-order valence-corrected chi connectivity index (χ2v) is 5.99. The molecule has 0 amide bonds. The zero-order valence-corrected chi connectivity index (χ0v) is 14.1. The van der Waals surface area contributed by atoms with E-state index in [0.717, 1.165) is 16.8 Å². The Morgan fingerprint density at radius 1 is 1.12 bits per heavy atom. The Morgan fingerprint density at radius 3 is 2.62 bits per heavy atom. The number of rotatable bonds is 4. The van der Waals surface area contributed by atoms with Crippen molar-refractivity contribution in [2.45, 2.75) is 13.5 Å². The summed E-state index contributed by atoms with van der Waals surface area (Å²) in [5.74, 6) is 0.240. The molecule has 26 heavy (non-hydrogen) atoms. The van der Waals surface area contributed by atoms with Crippen LogP contribution in [-0.4, -0.2) is 24.5 Å². The molecule has 0 saturated heterocycles. The van der Waals surface area contributed by atoms with Crippen LogP contribution in [0.2, 0.25) is 0 Å². The molecule has 0 atom stereocenters. The van der Waals surface area contributed by atoms with Gasteiger partial charge in [0.2, 0.25) is 0 Å². The van der Waals surface area contributed by atoms with Crippen LogP contribution in [0.5, 0.6) is 0 Å². The van der Waals surface area contributed by atoms with Crippen LogP contribution in [0, 0.1) is 12.7 Å². The van der Waals surface area contributed by atoms with Crippen molar-refractivity contribution in [3.8, 4) is 16.8 Å². The molecule has 4 aromatic rings. The summed E-state index contributed by atoms with van der Waals surface area (Å²) in [6.07, 6.45) is 3.55. The minimum atomic E-state index is -0.332. The summed E-state index contributed by atoms with van der Waals surface area (Å²) in [5, 5.41) is 11.0. The second kappa shape index (κ2) is 6.44. The van der Waals surface area contributed by atoms with Gasteiger partial charge in [-0.3, -0.25) is 5.10 Å². The maximum absolute atomic E-state index is 13.4. The molecular formula is C19H16FN5O. The normalized spacial score (nSPS) is 11.0. The fraction of sp³-hybridized carbons (Fsp3) is 0.105. The third-order valence-electron chi connectivity index (χ3n) is 4.18. The maximum Gasteiger partial charge on any atom is 0.350 e. The monoisotopic (exact) mass is 349 g/mol. The first-order valence-electron chi connectivity index (χ1n) is 8.12. The Balaban J connectivity index is 1.67. The van der Waals surface area contributed by atoms with Crippen LogP contribution in [0.1, 0.15) is 11.4 Å². The van der Waals surface area contributed by atoms with Crippen molar-refractivity contribution < 1.29 is 4.39 Å². The summed E-state index contributed by atoms with van der Waals surface area (Å²) in [5.41, 5.74) is 3.13. The first-order chi connectivity index (χ1) is 12.6. The summed E-state index contributed by atoms with van der Waals surface area (Å²) in [7, 11) is 0. The van der Waals surface area contributed by atoms with E-state index in [2.05, 4.69) is 15.3 Å². The van der Waals surface area contributed by atoms with Gasteiger partial charge in [0.1, 0.15) is 11.6 Å². The quantitative estimate of drug-likeness (QED) is 0.616. The van der Waals surface area contributed by atoms with Crippen LogP contribution in [-0.2, 0) is 6.54 Å². The fourth-order valence-electron chi connectivity index (χ4n) is 2.94. The zero-order valence-electron chi connectivity index (χ0n) is 14.1. The number of H-pyrrole nitrogens is 1. The van der Waals surface area contributed by atoms with Crippen LogP contribution >= 0.6 is 0 Å². The Bertz CT molecular complexity index is 1090. The molecule has 0 aliphatic rings.